The largest absolute Gasteiger partial charge is 0.493 e. The van der Waals surface area contributed by atoms with E-state index in [1.165, 1.54) is 23.0 Å². The zero-order chi connectivity index (χ0) is 28.4. The first-order valence-corrected chi connectivity index (χ1v) is 13.3. The summed E-state index contributed by atoms with van der Waals surface area (Å²) in [5.74, 6) is 2.23. The molecule has 11 heteroatoms. The number of fused-ring (bicyclic) bond motifs is 1. The lowest BCUT2D eigenvalue weighted by atomic mass is 9.92. The van der Waals surface area contributed by atoms with Gasteiger partial charge in [-0.2, -0.15) is 9.78 Å². The lowest BCUT2D eigenvalue weighted by Crippen LogP contribution is -2.33. The number of carbonyl (C=O) groups is 1. The molecule has 0 atom stereocenters. The van der Waals surface area contributed by atoms with E-state index < -0.39 is 6.03 Å². The van der Waals surface area contributed by atoms with Crippen molar-refractivity contribution in [3.8, 4) is 17.3 Å². The van der Waals surface area contributed by atoms with Gasteiger partial charge >= 0.3 is 6.03 Å². The van der Waals surface area contributed by atoms with Crippen LogP contribution in [0.15, 0.2) is 83.1 Å². The molecule has 0 spiro atoms. The fourth-order valence-electron chi connectivity index (χ4n) is 4.16. The molecular formula is C29H29N7O3S. The van der Waals surface area contributed by atoms with Crippen LogP contribution in [0.4, 0.5) is 16.3 Å². The van der Waals surface area contributed by atoms with Crippen molar-refractivity contribution in [3.05, 3.63) is 78.9 Å². The third-order valence-electron chi connectivity index (χ3n) is 6.17. The summed E-state index contributed by atoms with van der Waals surface area (Å²) in [6.07, 6.45) is 3.19. The van der Waals surface area contributed by atoms with Crippen molar-refractivity contribution in [2.75, 3.05) is 19.1 Å². The first kappa shape index (κ1) is 26.9. The summed E-state index contributed by atoms with van der Waals surface area (Å²) in [7, 11) is 3.17. The summed E-state index contributed by atoms with van der Waals surface area (Å²) < 4.78 is 12.5. The van der Waals surface area contributed by atoms with Crippen molar-refractivity contribution in [2.24, 2.45) is 5.73 Å². The van der Waals surface area contributed by atoms with Crippen LogP contribution < -0.4 is 20.1 Å². The zero-order valence-electron chi connectivity index (χ0n) is 22.8. The monoisotopic (exact) mass is 555 g/mol. The number of rotatable bonds is 7. The summed E-state index contributed by atoms with van der Waals surface area (Å²) in [5, 5.41) is 6.33. The number of anilines is 2. The number of hydrogen-bond acceptors (Lipinski definition) is 8. The predicted molar refractivity (Wildman–Crippen MR) is 155 cm³/mol. The minimum absolute atomic E-state index is 0.270. The average molecular weight is 556 g/mol. The number of benzene rings is 2. The number of ether oxygens (including phenoxy) is 2. The lowest BCUT2D eigenvalue weighted by molar-refractivity contribution is 0.256. The molecule has 5 aromatic rings. The number of primary amides is 1. The Kier molecular flexibility index (Phi) is 7.31. The van der Waals surface area contributed by atoms with Gasteiger partial charge in [0.1, 0.15) is 17.2 Å². The van der Waals surface area contributed by atoms with Crippen molar-refractivity contribution in [3.63, 3.8) is 0 Å². The van der Waals surface area contributed by atoms with Crippen molar-refractivity contribution >= 4 is 40.2 Å². The van der Waals surface area contributed by atoms with E-state index in [1.54, 1.807) is 25.1 Å². The Morgan fingerprint density at radius 3 is 2.40 bits per heavy atom. The average Bonchev–Trinajstić information content (AvgIpc) is 3.38. The molecule has 0 fully saturated rings. The molecule has 3 heterocycles. The third-order valence-corrected chi connectivity index (χ3v) is 7.18. The smallest absolute Gasteiger partial charge is 0.325 e. The number of amides is 2. The van der Waals surface area contributed by atoms with Gasteiger partial charge in [-0.25, -0.2) is 24.6 Å². The maximum Gasteiger partial charge on any atom is 0.325 e. The van der Waals surface area contributed by atoms with Gasteiger partial charge in [-0.05, 0) is 36.4 Å². The van der Waals surface area contributed by atoms with Gasteiger partial charge in [0.25, 0.3) is 0 Å². The molecule has 2 aromatic carbocycles. The molecule has 40 heavy (non-hydrogen) atoms. The van der Waals surface area contributed by atoms with Crippen LogP contribution in [-0.2, 0) is 5.41 Å². The number of urea groups is 1. The van der Waals surface area contributed by atoms with Gasteiger partial charge in [0.15, 0.2) is 17.3 Å². The van der Waals surface area contributed by atoms with Gasteiger partial charge < -0.3 is 15.2 Å². The number of nitrogens with two attached hydrogens (primary N) is 1. The summed E-state index contributed by atoms with van der Waals surface area (Å²) in [5.41, 5.74) is 7.80. The van der Waals surface area contributed by atoms with Gasteiger partial charge in [-0.1, -0.05) is 44.7 Å². The number of nitrogens with zero attached hydrogens (tertiary/aromatic N) is 6. The Morgan fingerprint density at radius 2 is 1.73 bits per heavy atom. The van der Waals surface area contributed by atoms with Gasteiger partial charge in [-0.3, -0.25) is 0 Å². The standard InChI is InChI=1S/C29H29N7O3S/c1-29(2,3)24-16-26(36(34-24)25-11-6-7-12-31-25)35(28(30)37)18-9-8-10-19(13-18)40-27-20-14-22(38-4)23(39-5)15-21(20)32-17-33-27/h6-17H,1-5H3,(H2,30,37). The Hall–Kier alpha value is -4.64. The quantitative estimate of drug-likeness (QED) is 0.247. The molecule has 0 radical (unpaired) electrons. The number of carbonyl (C=O) groups excluding carboxylic acids is 1. The van der Waals surface area contributed by atoms with Crippen LogP contribution in [0.5, 0.6) is 11.5 Å². The van der Waals surface area contributed by atoms with Crippen molar-refractivity contribution in [1.29, 1.82) is 0 Å². The molecule has 0 aliphatic heterocycles. The van der Waals surface area contributed by atoms with E-state index in [2.05, 4.69) is 35.7 Å². The highest BCUT2D eigenvalue weighted by Crippen LogP contribution is 2.39. The van der Waals surface area contributed by atoms with E-state index in [-0.39, 0.29) is 5.41 Å². The van der Waals surface area contributed by atoms with Gasteiger partial charge in [0.2, 0.25) is 0 Å². The van der Waals surface area contributed by atoms with Crippen molar-refractivity contribution < 1.29 is 14.3 Å². The summed E-state index contributed by atoms with van der Waals surface area (Å²) in [6, 6.07) is 17.9. The van der Waals surface area contributed by atoms with Gasteiger partial charge in [0, 0.05) is 34.0 Å². The normalized spacial score (nSPS) is 11.4. The van der Waals surface area contributed by atoms with Crippen LogP contribution in [-0.4, -0.2) is 45.0 Å². The van der Waals surface area contributed by atoms with Crippen molar-refractivity contribution in [1.82, 2.24) is 24.7 Å². The molecule has 0 saturated heterocycles. The molecular weight excluding hydrogens is 526 g/mol. The topological polar surface area (TPSA) is 121 Å². The maximum absolute atomic E-state index is 13.0. The van der Waals surface area contributed by atoms with Crippen molar-refractivity contribution in [2.45, 2.75) is 36.1 Å². The second kappa shape index (κ2) is 10.9. The molecule has 3 aromatic heterocycles. The lowest BCUT2D eigenvalue weighted by Gasteiger charge is -2.21. The number of pyridine rings is 1. The van der Waals surface area contributed by atoms with Crippen LogP contribution in [0, 0.1) is 0 Å². The number of methoxy groups -OCH3 is 2. The molecule has 204 valence electrons. The van der Waals surface area contributed by atoms with Gasteiger partial charge in [-0.15, -0.1) is 0 Å². The Bertz CT molecular complexity index is 1680. The van der Waals surface area contributed by atoms with E-state index in [4.69, 9.17) is 20.3 Å². The van der Waals surface area contributed by atoms with Crippen LogP contribution in [0.2, 0.25) is 0 Å². The van der Waals surface area contributed by atoms with Gasteiger partial charge in [0.05, 0.1) is 31.1 Å². The molecule has 5 rings (SSSR count). The molecule has 0 saturated carbocycles. The first-order chi connectivity index (χ1) is 19.2. The second-order valence-electron chi connectivity index (χ2n) is 9.91. The Balaban J connectivity index is 1.58. The molecule has 2 amide bonds. The highest BCUT2D eigenvalue weighted by atomic mass is 32.2. The minimum atomic E-state index is -0.649. The van der Waals surface area contributed by atoms with E-state index >= 15 is 0 Å². The van der Waals surface area contributed by atoms with E-state index in [9.17, 15) is 4.79 Å². The van der Waals surface area contributed by atoms with Crippen LogP contribution in [0.25, 0.3) is 16.7 Å². The van der Waals surface area contributed by atoms with E-state index in [1.807, 2.05) is 60.7 Å². The fourth-order valence-corrected chi connectivity index (χ4v) is 5.08. The second-order valence-corrected chi connectivity index (χ2v) is 11.0. The summed E-state index contributed by atoms with van der Waals surface area (Å²) >= 11 is 1.44. The SMILES string of the molecule is COc1cc2ncnc(Sc3cccc(N(C(N)=O)c4cc(C(C)(C)C)nn4-c4ccccn4)c3)c2cc1OC. The zero-order valence-corrected chi connectivity index (χ0v) is 23.6. The third kappa shape index (κ3) is 5.28. The molecule has 10 nitrogen and oxygen atoms in total. The predicted octanol–water partition coefficient (Wildman–Crippen LogP) is 5.89. The number of aromatic nitrogens is 5. The Morgan fingerprint density at radius 1 is 0.950 bits per heavy atom. The van der Waals surface area contributed by atoms with Crippen LogP contribution >= 0.6 is 11.8 Å². The summed E-state index contributed by atoms with van der Waals surface area (Å²) in [6.45, 7) is 6.18. The molecule has 0 aliphatic carbocycles. The molecule has 0 unspecified atom stereocenters. The fraction of sp³-hybridized carbons (Fsp3) is 0.207. The molecule has 0 aliphatic rings. The number of hydrogen-bond donors (Lipinski definition) is 1. The van der Waals surface area contributed by atoms with Crippen LogP contribution in [0.3, 0.4) is 0 Å². The van der Waals surface area contributed by atoms with E-state index in [0.717, 1.165) is 26.5 Å². The Labute approximate surface area is 236 Å². The van der Waals surface area contributed by atoms with E-state index in [0.29, 0.717) is 28.8 Å². The molecule has 0 bridgehead atoms. The van der Waals surface area contributed by atoms with Crippen LogP contribution in [0.1, 0.15) is 26.5 Å². The highest BCUT2D eigenvalue weighted by molar-refractivity contribution is 7.99. The molecule has 2 N–H and O–H groups in total. The first-order valence-electron chi connectivity index (χ1n) is 12.5. The minimum Gasteiger partial charge on any atom is -0.493 e. The summed E-state index contributed by atoms with van der Waals surface area (Å²) in [4.78, 5) is 28.6. The highest BCUT2D eigenvalue weighted by Gasteiger charge is 2.27. The maximum atomic E-state index is 13.0.